The van der Waals surface area contributed by atoms with E-state index in [4.69, 9.17) is 23.7 Å². The molecule has 0 unspecified atom stereocenters. The zero-order chi connectivity index (χ0) is 39.3. The van der Waals surface area contributed by atoms with Gasteiger partial charge in [0, 0.05) is 36.5 Å². The molecule has 11 nitrogen and oxygen atoms in total. The topological polar surface area (TPSA) is 161 Å². The number of Topliss-reactive ketones (excluding diaryl/α,β-unsaturated/α-hetero) is 1. The normalized spacial score (nSPS) is 46.5. The number of carbonyl (C=O) groups is 2. The molecular formula is C42H72O11. The summed E-state index contributed by atoms with van der Waals surface area (Å²) in [6.07, 6.45) is 3.41. The number of carboxylic acid groups (broad SMARTS) is 1. The largest absolute Gasteiger partial charge is 0.481 e. The number of hydrogen-bond donors (Lipinski definition) is 4. The van der Waals surface area contributed by atoms with E-state index >= 15 is 0 Å². The van der Waals surface area contributed by atoms with Gasteiger partial charge >= 0.3 is 5.97 Å². The predicted octanol–water partition coefficient (Wildman–Crippen LogP) is 6.41. The van der Waals surface area contributed by atoms with E-state index in [-0.39, 0.29) is 47.8 Å². The van der Waals surface area contributed by atoms with Crippen molar-refractivity contribution in [3.63, 3.8) is 0 Å². The van der Waals surface area contributed by atoms with Gasteiger partial charge in [-0.2, -0.15) is 0 Å². The summed E-state index contributed by atoms with van der Waals surface area (Å²) in [7, 11) is 0. The highest BCUT2D eigenvalue weighted by atomic mass is 16.8. The molecule has 5 aliphatic rings. The van der Waals surface area contributed by atoms with Crippen LogP contribution in [-0.2, 0) is 33.3 Å². The fraction of sp³-hybridized carbons (Fsp3) is 0.952. The third-order valence-electron chi connectivity index (χ3n) is 14.9. The number of ether oxygens (including phenoxy) is 5. The first-order chi connectivity index (χ1) is 24.8. The average Bonchev–Trinajstić information content (AvgIpc) is 3.47. The van der Waals surface area contributed by atoms with E-state index in [0.29, 0.717) is 64.2 Å². The molecule has 5 heterocycles. The van der Waals surface area contributed by atoms with Gasteiger partial charge in [-0.05, 0) is 89.9 Å². The first-order valence-electron chi connectivity index (χ1n) is 21.0. The van der Waals surface area contributed by atoms with E-state index in [0.717, 1.165) is 12.8 Å². The molecule has 0 radical (unpaired) electrons. The third kappa shape index (κ3) is 8.03. The van der Waals surface area contributed by atoms with Crippen LogP contribution in [-0.4, -0.2) is 97.7 Å². The van der Waals surface area contributed by atoms with Gasteiger partial charge in [-0.3, -0.25) is 9.59 Å². The molecule has 0 aromatic carbocycles. The smallest absolute Gasteiger partial charge is 0.309 e. The van der Waals surface area contributed by atoms with Crippen LogP contribution in [0.3, 0.4) is 0 Å². The molecule has 5 rings (SSSR count). The van der Waals surface area contributed by atoms with Crippen LogP contribution < -0.4 is 0 Å². The van der Waals surface area contributed by atoms with Crippen molar-refractivity contribution in [2.24, 2.45) is 41.4 Å². The maximum Gasteiger partial charge on any atom is 0.309 e. The Morgan fingerprint density at radius 1 is 0.811 bits per heavy atom. The lowest BCUT2D eigenvalue weighted by atomic mass is 9.72. The van der Waals surface area contributed by atoms with E-state index in [2.05, 4.69) is 20.8 Å². The molecule has 4 N–H and O–H groups in total. The Balaban J connectivity index is 1.30. The Hall–Kier alpha value is -1.18. The minimum Gasteiger partial charge on any atom is -0.481 e. The number of rotatable bonds is 12. The SMILES string of the molecule is CC[C@@H](C(=O)[C@@H](C)[C@@H](O)[C@H](C)[C@@H]1O[C@@H]([C@@H](CC)C(=O)O)CC[C@@H]1C)[C@H]1O[C@@]2(CC[C@@H](O)[C@@]3(CC[C@@](C)([C@H]4CC[C@](O)(CC)[C@H](C)O4)O3)O2)[C@H](C)C[C@@H]1C. The van der Waals surface area contributed by atoms with E-state index in [1.807, 2.05) is 41.5 Å². The van der Waals surface area contributed by atoms with Gasteiger partial charge in [-0.1, -0.05) is 55.4 Å². The number of carboxylic acids is 1. The zero-order valence-electron chi connectivity index (χ0n) is 34.2. The van der Waals surface area contributed by atoms with Crippen LogP contribution in [0.4, 0.5) is 0 Å². The molecule has 0 aromatic heterocycles. The van der Waals surface area contributed by atoms with Gasteiger partial charge in [-0.25, -0.2) is 0 Å². The van der Waals surface area contributed by atoms with Crippen LogP contribution in [0.5, 0.6) is 0 Å². The molecule has 0 amide bonds. The molecule has 0 saturated carbocycles. The molecule has 0 bridgehead atoms. The predicted molar refractivity (Wildman–Crippen MR) is 199 cm³/mol. The van der Waals surface area contributed by atoms with Crippen molar-refractivity contribution in [3.05, 3.63) is 0 Å². The highest BCUT2D eigenvalue weighted by Crippen LogP contribution is 2.56. The van der Waals surface area contributed by atoms with Gasteiger partial charge in [0.2, 0.25) is 0 Å². The van der Waals surface area contributed by atoms with Crippen molar-refractivity contribution in [1.29, 1.82) is 0 Å². The highest BCUT2D eigenvalue weighted by Gasteiger charge is 2.64. The van der Waals surface area contributed by atoms with E-state index in [1.165, 1.54) is 0 Å². The highest BCUT2D eigenvalue weighted by molar-refractivity contribution is 5.84. The monoisotopic (exact) mass is 753 g/mol. The number of aliphatic carboxylic acids is 1. The van der Waals surface area contributed by atoms with Gasteiger partial charge in [0.15, 0.2) is 11.6 Å². The molecule has 18 atom stereocenters. The quantitative estimate of drug-likeness (QED) is 0.174. The molecule has 5 saturated heterocycles. The summed E-state index contributed by atoms with van der Waals surface area (Å²) in [5, 5.41) is 44.1. The lowest BCUT2D eigenvalue weighted by molar-refractivity contribution is -0.442. The lowest BCUT2D eigenvalue weighted by Gasteiger charge is -2.56. The number of aliphatic hydroxyl groups is 3. The number of aliphatic hydroxyl groups excluding tert-OH is 2. The summed E-state index contributed by atoms with van der Waals surface area (Å²) in [4.78, 5) is 26.4. The van der Waals surface area contributed by atoms with Crippen LogP contribution >= 0.6 is 0 Å². The van der Waals surface area contributed by atoms with Crippen LogP contribution in [0.15, 0.2) is 0 Å². The maximum atomic E-state index is 14.5. The fourth-order valence-electron chi connectivity index (χ4n) is 10.9. The summed E-state index contributed by atoms with van der Waals surface area (Å²) < 4.78 is 33.7. The molecular weight excluding hydrogens is 680 g/mol. The summed E-state index contributed by atoms with van der Waals surface area (Å²) in [5.74, 6) is -5.29. The molecule has 11 heteroatoms. The van der Waals surface area contributed by atoms with Crippen LogP contribution in [0.1, 0.15) is 146 Å². The lowest BCUT2D eigenvalue weighted by Crippen LogP contribution is -2.65. The van der Waals surface area contributed by atoms with E-state index in [9.17, 15) is 30.0 Å². The molecule has 53 heavy (non-hydrogen) atoms. The second-order valence-electron chi connectivity index (χ2n) is 18.3. The Morgan fingerprint density at radius 2 is 1.49 bits per heavy atom. The summed E-state index contributed by atoms with van der Waals surface area (Å²) in [5.41, 5.74) is -1.59. The second-order valence-corrected chi connectivity index (χ2v) is 18.3. The Kier molecular flexibility index (Phi) is 13.3. The molecule has 0 aliphatic carbocycles. The van der Waals surface area contributed by atoms with Gasteiger partial charge in [0.05, 0.1) is 53.7 Å². The van der Waals surface area contributed by atoms with Crippen LogP contribution in [0.2, 0.25) is 0 Å². The zero-order valence-corrected chi connectivity index (χ0v) is 34.2. The minimum atomic E-state index is -1.28. The van der Waals surface area contributed by atoms with Crippen molar-refractivity contribution in [2.75, 3.05) is 0 Å². The second kappa shape index (κ2) is 16.4. The van der Waals surface area contributed by atoms with Crippen molar-refractivity contribution < 1.29 is 53.7 Å². The molecule has 5 aliphatic heterocycles. The summed E-state index contributed by atoms with van der Waals surface area (Å²) in [6, 6.07) is 0. The first kappa shape index (κ1) is 43.0. The standard InChI is InChI=1S/C42H72O11/c1-11-29(38(46)47)31-15-14-23(4)36(50-31)27(8)34(44)26(7)35(45)30(12-2)37-24(5)22-25(6)41(51-37)19-16-32(43)42(53-41)21-20-39(10,52-42)33-17-18-40(48,13-3)28(9)49-33/h23-34,36-37,43-44,48H,11-22H2,1-10H3,(H,46,47)/t23-,24-,25+,26-,27-,28-,29+,30-,31+,32+,33+,34+,36+,37-,39-,40+,41+,42+/m0/s1. The first-order valence-corrected chi connectivity index (χ1v) is 21.0. The van der Waals surface area contributed by atoms with Gasteiger partial charge in [0.25, 0.3) is 0 Å². The van der Waals surface area contributed by atoms with Crippen molar-refractivity contribution in [1.82, 2.24) is 0 Å². The van der Waals surface area contributed by atoms with Gasteiger partial charge in [-0.15, -0.1) is 0 Å². The van der Waals surface area contributed by atoms with Crippen molar-refractivity contribution in [3.8, 4) is 0 Å². The molecule has 5 fully saturated rings. The summed E-state index contributed by atoms with van der Waals surface area (Å²) >= 11 is 0. The van der Waals surface area contributed by atoms with Crippen molar-refractivity contribution >= 4 is 11.8 Å². The Bertz CT molecular complexity index is 1280. The van der Waals surface area contributed by atoms with E-state index < -0.39 is 70.9 Å². The number of ketones is 1. The third-order valence-corrected chi connectivity index (χ3v) is 14.9. The maximum absolute atomic E-state index is 14.5. The van der Waals surface area contributed by atoms with Gasteiger partial charge < -0.3 is 44.1 Å². The number of hydrogen-bond acceptors (Lipinski definition) is 10. The average molecular weight is 753 g/mol. The van der Waals surface area contributed by atoms with Gasteiger partial charge in [0.1, 0.15) is 11.9 Å². The minimum absolute atomic E-state index is 0.0228. The Labute approximate surface area is 318 Å². The molecule has 306 valence electrons. The molecule has 2 spiro atoms. The Morgan fingerprint density at radius 3 is 2.09 bits per heavy atom. The van der Waals surface area contributed by atoms with Crippen molar-refractivity contribution in [2.45, 2.75) is 212 Å². The van der Waals surface area contributed by atoms with Crippen LogP contribution in [0.25, 0.3) is 0 Å². The van der Waals surface area contributed by atoms with E-state index in [1.54, 1.807) is 6.92 Å². The summed E-state index contributed by atoms with van der Waals surface area (Å²) in [6.45, 7) is 19.8. The van der Waals surface area contributed by atoms with Crippen LogP contribution in [0, 0.1) is 41.4 Å². The number of carbonyl (C=O) groups excluding carboxylic acids is 1. The molecule has 0 aromatic rings. The fourth-order valence-corrected chi connectivity index (χ4v) is 10.9.